The first-order valence-electron chi connectivity index (χ1n) is 8.55. The molecule has 0 aromatic carbocycles. The van der Waals surface area contributed by atoms with Crippen LogP contribution in [0.4, 0.5) is 5.13 Å². The SMILES string of the molecule is CC[C@@H](C)Nc1ncc(-c2cc(OCC3CC3)c3nccn3c2)s1. The summed E-state index contributed by atoms with van der Waals surface area (Å²) in [5.41, 5.74) is 1.99. The van der Waals surface area contributed by atoms with Gasteiger partial charge in [0.1, 0.15) is 0 Å². The third kappa shape index (κ3) is 3.24. The van der Waals surface area contributed by atoms with Crippen LogP contribution in [0.1, 0.15) is 33.1 Å². The Morgan fingerprint density at radius 3 is 3.08 bits per heavy atom. The summed E-state index contributed by atoms with van der Waals surface area (Å²) >= 11 is 1.67. The van der Waals surface area contributed by atoms with Crippen molar-refractivity contribution in [2.75, 3.05) is 11.9 Å². The number of hydrogen-bond donors (Lipinski definition) is 1. The molecule has 1 aliphatic carbocycles. The molecule has 0 amide bonds. The maximum atomic E-state index is 6.04. The number of fused-ring (bicyclic) bond motifs is 1. The minimum Gasteiger partial charge on any atom is -0.489 e. The number of nitrogens with one attached hydrogen (secondary N) is 1. The summed E-state index contributed by atoms with van der Waals surface area (Å²) < 4.78 is 8.06. The molecule has 3 aromatic rings. The van der Waals surface area contributed by atoms with Gasteiger partial charge in [-0.05, 0) is 38.2 Å². The molecule has 0 aliphatic heterocycles. The van der Waals surface area contributed by atoms with Crippen LogP contribution in [0.15, 0.2) is 30.9 Å². The van der Waals surface area contributed by atoms with E-state index in [0.717, 1.165) is 45.9 Å². The smallest absolute Gasteiger partial charge is 0.183 e. The van der Waals surface area contributed by atoms with Gasteiger partial charge >= 0.3 is 0 Å². The average Bonchev–Trinajstić information content (AvgIpc) is 3.09. The number of thiazole rings is 1. The monoisotopic (exact) mass is 342 g/mol. The van der Waals surface area contributed by atoms with Crippen molar-refractivity contribution in [1.29, 1.82) is 0 Å². The predicted molar refractivity (Wildman–Crippen MR) is 97.9 cm³/mol. The first kappa shape index (κ1) is 15.4. The number of hydrogen-bond acceptors (Lipinski definition) is 5. The zero-order chi connectivity index (χ0) is 16.5. The molecule has 3 heterocycles. The molecular formula is C18H22N4OS. The highest BCUT2D eigenvalue weighted by molar-refractivity contribution is 7.18. The lowest BCUT2D eigenvalue weighted by atomic mass is 10.2. The highest BCUT2D eigenvalue weighted by atomic mass is 32.1. The minimum atomic E-state index is 0.428. The first-order valence-corrected chi connectivity index (χ1v) is 9.37. The van der Waals surface area contributed by atoms with E-state index in [0.29, 0.717) is 6.04 Å². The van der Waals surface area contributed by atoms with Crippen molar-refractivity contribution >= 4 is 22.1 Å². The van der Waals surface area contributed by atoms with E-state index < -0.39 is 0 Å². The van der Waals surface area contributed by atoms with E-state index in [9.17, 15) is 0 Å². The normalized spacial score (nSPS) is 15.6. The summed E-state index contributed by atoms with van der Waals surface area (Å²) in [5, 5.41) is 4.40. The second-order valence-corrected chi connectivity index (χ2v) is 7.52. The zero-order valence-corrected chi connectivity index (χ0v) is 14.8. The van der Waals surface area contributed by atoms with Gasteiger partial charge in [-0.2, -0.15) is 0 Å². The van der Waals surface area contributed by atoms with E-state index in [4.69, 9.17) is 4.74 Å². The van der Waals surface area contributed by atoms with Gasteiger partial charge in [0.2, 0.25) is 0 Å². The van der Waals surface area contributed by atoms with Crippen molar-refractivity contribution in [2.45, 2.75) is 39.2 Å². The van der Waals surface area contributed by atoms with Crippen LogP contribution in [0, 0.1) is 5.92 Å². The van der Waals surface area contributed by atoms with Gasteiger partial charge in [0.05, 0.1) is 11.5 Å². The molecule has 0 spiro atoms. The van der Waals surface area contributed by atoms with E-state index >= 15 is 0 Å². The third-order valence-corrected chi connectivity index (χ3v) is 5.38. The van der Waals surface area contributed by atoms with Gasteiger partial charge in [0.25, 0.3) is 0 Å². The van der Waals surface area contributed by atoms with Crippen LogP contribution in [-0.2, 0) is 0 Å². The lowest BCUT2D eigenvalue weighted by molar-refractivity contribution is 0.301. The van der Waals surface area contributed by atoms with Gasteiger partial charge in [-0.25, -0.2) is 9.97 Å². The Morgan fingerprint density at radius 1 is 1.42 bits per heavy atom. The summed E-state index contributed by atoms with van der Waals surface area (Å²) in [7, 11) is 0. The van der Waals surface area contributed by atoms with Crippen molar-refractivity contribution in [3.05, 3.63) is 30.9 Å². The van der Waals surface area contributed by atoms with Gasteiger partial charge in [-0.15, -0.1) is 0 Å². The summed E-state index contributed by atoms with van der Waals surface area (Å²) in [4.78, 5) is 10.1. The Morgan fingerprint density at radius 2 is 2.29 bits per heavy atom. The summed E-state index contributed by atoms with van der Waals surface area (Å²) in [6.07, 6.45) is 11.4. The van der Waals surface area contributed by atoms with Gasteiger partial charge in [0, 0.05) is 36.4 Å². The van der Waals surface area contributed by atoms with Crippen LogP contribution in [0.5, 0.6) is 5.75 Å². The number of imidazole rings is 1. The number of aromatic nitrogens is 3. The molecule has 1 N–H and O–H groups in total. The Bertz CT molecular complexity index is 837. The first-order chi connectivity index (χ1) is 11.7. The number of anilines is 1. The van der Waals surface area contributed by atoms with Crippen molar-refractivity contribution < 1.29 is 4.74 Å². The van der Waals surface area contributed by atoms with Crippen molar-refractivity contribution in [3.63, 3.8) is 0 Å². The van der Waals surface area contributed by atoms with Gasteiger partial charge in [-0.1, -0.05) is 18.3 Å². The molecule has 1 saturated carbocycles. The van der Waals surface area contributed by atoms with Gasteiger partial charge in [-0.3, -0.25) is 0 Å². The molecule has 1 aliphatic rings. The number of pyridine rings is 1. The van der Waals surface area contributed by atoms with E-state index in [-0.39, 0.29) is 0 Å². The Kier molecular flexibility index (Phi) is 4.14. The summed E-state index contributed by atoms with van der Waals surface area (Å²) in [6, 6.07) is 2.52. The van der Waals surface area contributed by atoms with Crippen molar-refractivity contribution in [1.82, 2.24) is 14.4 Å². The summed E-state index contributed by atoms with van der Waals surface area (Å²) in [5.74, 6) is 1.58. The molecule has 0 saturated heterocycles. The average molecular weight is 342 g/mol. The molecule has 24 heavy (non-hydrogen) atoms. The summed E-state index contributed by atoms with van der Waals surface area (Å²) in [6.45, 7) is 5.13. The van der Waals surface area contributed by atoms with E-state index in [1.807, 2.05) is 23.0 Å². The highest BCUT2D eigenvalue weighted by Gasteiger charge is 2.22. The molecule has 3 aromatic heterocycles. The fourth-order valence-corrected chi connectivity index (χ4v) is 3.43. The third-order valence-electron chi connectivity index (χ3n) is 4.40. The molecule has 0 bridgehead atoms. The Hall–Kier alpha value is -2.08. The predicted octanol–water partition coefficient (Wildman–Crippen LogP) is 4.46. The zero-order valence-electron chi connectivity index (χ0n) is 14.0. The molecule has 0 unspecified atom stereocenters. The molecule has 5 nitrogen and oxygen atoms in total. The molecule has 1 fully saturated rings. The maximum Gasteiger partial charge on any atom is 0.183 e. The van der Waals surface area contributed by atoms with E-state index in [1.54, 1.807) is 11.3 Å². The van der Waals surface area contributed by atoms with Crippen LogP contribution in [0.2, 0.25) is 0 Å². The largest absolute Gasteiger partial charge is 0.489 e. The second kappa shape index (κ2) is 6.43. The molecule has 1 atom stereocenters. The maximum absolute atomic E-state index is 6.04. The quantitative estimate of drug-likeness (QED) is 0.689. The lowest BCUT2D eigenvalue weighted by Gasteiger charge is -2.09. The van der Waals surface area contributed by atoms with Crippen LogP contribution in [0.25, 0.3) is 16.1 Å². The number of ether oxygens (including phenoxy) is 1. The fraction of sp³-hybridized carbons (Fsp3) is 0.444. The van der Waals surface area contributed by atoms with Crippen LogP contribution >= 0.6 is 11.3 Å². The van der Waals surface area contributed by atoms with Gasteiger partial charge in [0.15, 0.2) is 16.5 Å². The second-order valence-electron chi connectivity index (χ2n) is 6.49. The molecule has 0 radical (unpaired) electrons. The molecule has 126 valence electrons. The van der Waals surface area contributed by atoms with Crippen molar-refractivity contribution in [2.24, 2.45) is 5.92 Å². The van der Waals surface area contributed by atoms with E-state index in [2.05, 4.69) is 41.4 Å². The van der Waals surface area contributed by atoms with Crippen LogP contribution in [0.3, 0.4) is 0 Å². The lowest BCUT2D eigenvalue weighted by Crippen LogP contribution is -2.12. The molecular weight excluding hydrogens is 320 g/mol. The van der Waals surface area contributed by atoms with Crippen LogP contribution < -0.4 is 10.1 Å². The minimum absolute atomic E-state index is 0.428. The van der Waals surface area contributed by atoms with Crippen LogP contribution in [-0.4, -0.2) is 27.0 Å². The standard InChI is InChI=1S/C18H22N4OS/c1-3-12(2)21-18-20-9-16(24-18)14-8-15(23-11-13-4-5-13)17-19-6-7-22(17)10-14/h6-10,12-13H,3-5,11H2,1-2H3,(H,20,21)/t12-/m1/s1. The Labute approximate surface area is 145 Å². The molecule has 6 heteroatoms. The van der Waals surface area contributed by atoms with Crippen molar-refractivity contribution in [3.8, 4) is 16.2 Å². The fourth-order valence-electron chi connectivity index (χ4n) is 2.52. The highest BCUT2D eigenvalue weighted by Crippen LogP contribution is 2.34. The number of nitrogens with zero attached hydrogens (tertiary/aromatic N) is 3. The van der Waals surface area contributed by atoms with Gasteiger partial charge < -0.3 is 14.5 Å². The Balaban J connectivity index is 1.63. The molecule has 4 rings (SSSR count). The van der Waals surface area contributed by atoms with E-state index in [1.165, 1.54) is 12.8 Å². The topological polar surface area (TPSA) is 51.5 Å². The number of rotatable bonds is 7.